The molecule has 0 bridgehead atoms. The Morgan fingerprint density at radius 1 is 0.367 bits per heavy atom. The average molecular weight is 1180 g/mol. The Balaban J connectivity index is 1.11. The third kappa shape index (κ3) is 9.26. The zero-order valence-corrected chi connectivity index (χ0v) is 57.5. The maximum absolute atomic E-state index is 2.93. The lowest BCUT2D eigenvalue weighted by atomic mass is 9.33. The number of nitrogens with zero attached hydrogens (tertiary/aromatic N) is 4. The SMILES string of the molecule is CC(C)(C)c1ccc(N(c2ccc(C(C)(C)C)cc2)c2ccc3c(c2)N(c2ccc4c(c2)-c2ccccc2C4(C)C)c2cc(N(c4ccc(C(C)(C)C)cc4)c4ccc(C(C)(C)C)cc4)cc4c2B3c2cc(C(C)(C)C)cc3c2N4C2(C)CCCCC32C)cc1. The van der Waals surface area contributed by atoms with Gasteiger partial charge >= 0.3 is 0 Å². The molecule has 3 heterocycles. The highest BCUT2D eigenvalue weighted by Gasteiger charge is 2.62. The Morgan fingerprint density at radius 2 is 0.811 bits per heavy atom. The van der Waals surface area contributed by atoms with Crippen LogP contribution in [0.15, 0.2) is 182 Å². The number of hydrogen-bond donors (Lipinski definition) is 0. The summed E-state index contributed by atoms with van der Waals surface area (Å²) in [5.74, 6) is 0. The van der Waals surface area contributed by atoms with E-state index in [9.17, 15) is 0 Å². The molecule has 2 atom stereocenters. The first-order valence-electron chi connectivity index (χ1n) is 33.7. The van der Waals surface area contributed by atoms with Gasteiger partial charge in [0.25, 0.3) is 6.71 Å². The smallest absolute Gasteiger partial charge is 0.252 e. The first kappa shape index (κ1) is 59.8. The van der Waals surface area contributed by atoms with Crippen molar-refractivity contribution >= 4 is 85.7 Å². The highest BCUT2D eigenvalue weighted by Crippen LogP contribution is 2.63. The molecule has 4 nitrogen and oxygen atoms in total. The molecule has 0 aromatic heterocycles. The molecule has 90 heavy (non-hydrogen) atoms. The molecule has 0 saturated heterocycles. The van der Waals surface area contributed by atoms with E-state index in [1.165, 1.54) is 108 Å². The number of anilines is 11. The fourth-order valence-corrected chi connectivity index (χ4v) is 16.5. The second-order valence-corrected chi connectivity index (χ2v) is 33.5. The zero-order valence-electron chi connectivity index (χ0n) is 57.5. The average Bonchev–Trinajstić information content (AvgIpc) is 1.44. The van der Waals surface area contributed by atoms with Gasteiger partial charge in [-0.2, -0.15) is 0 Å². The quantitative estimate of drug-likeness (QED) is 0.147. The normalized spacial score (nSPS) is 18.8. The molecule has 0 radical (unpaired) electrons. The molecular formula is C85H95BN4. The van der Waals surface area contributed by atoms with Gasteiger partial charge in [-0.05, 0) is 204 Å². The minimum absolute atomic E-state index is 0.00180. The molecule has 9 aromatic rings. The van der Waals surface area contributed by atoms with Gasteiger partial charge < -0.3 is 19.6 Å². The van der Waals surface area contributed by atoms with Crippen LogP contribution in [0.3, 0.4) is 0 Å². The van der Waals surface area contributed by atoms with Crippen molar-refractivity contribution in [3.05, 3.63) is 226 Å². The van der Waals surface area contributed by atoms with Crippen molar-refractivity contribution in [3.8, 4) is 11.1 Å². The summed E-state index contributed by atoms with van der Waals surface area (Å²) in [5.41, 5.74) is 30.5. The number of rotatable bonds is 7. The summed E-state index contributed by atoms with van der Waals surface area (Å²) in [6.45, 7) is 45.1. The van der Waals surface area contributed by atoms with Crippen molar-refractivity contribution in [2.75, 3.05) is 19.6 Å². The van der Waals surface area contributed by atoms with E-state index in [-0.39, 0.29) is 50.2 Å². The molecule has 458 valence electrons. The Bertz CT molecular complexity index is 4210. The monoisotopic (exact) mass is 1180 g/mol. The topological polar surface area (TPSA) is 13.0 Å². The Hall–Kier alpha value is -7.76. The second kappa shape index (κ2) is 20.1. The number of fused-ring (bicyclic) bond motifs is 10. The standard InChI is InChI=1S/C85H95BN4/c1-78(2,3)54-26-34-59(35-27-54)87(60-36-28-55(29-37-60)79(4,5)6)64-43-45-71-73(51-64)89(63-42-44-69-67(50-63)66-24-20-21-25-68(66)83(69,16)17)74-52-65(88(61-38-30-56(31-39-61)80(7,8)9)62-40-32-57(33-41-62)81(10,11)12)53-75-76(74)86(71)72-49-58(82(13,14)15)48-70-77(72)90(75)85(19)47-23-22-46-84(70,85)18/h20-21,24-45,48-53H,22-23,46-47H2,1-19H3. The second-order valence-electron chi connectivity index (χ2n) is 33.5. The third-order valence-corrected chi connectivity index (χ3v) is 22.2. The van der Waals surface area contributed by atoms with Gasteiger partial charge in [0.05, 0.1) is 11.2 Å². The molecule has 0 N–H and O–H groups in total. The van der Waals surface area contributed by atoms with Crippen molar-refractivity contribution in [2.45, 2.75) is 201 Å². The van der Waals surface area contributed by atoms with Gasteiger partial charge in [-0.3, -0.25) is 0 Å². The zero-order chi connectivity index (χ0) is 63.8. The predicted molar refractivity (Wildman–Crippen MR) is 389 cm³/mol. The minimum atomic E-state index is -0.187. The van der Waals surface area contributed by atoms with Crippen LogP contribution in [0.4, 0.5) is 62.6 Å². The molecule has 2 unspecified atom stereocenters. The summed E-state index contributed by atoms with van der Waals surface area (Å²) in [6, 6.07) is 72.4. The van der Waals surface area contributed by atoms with E-state index in [2.05, 4.69) is 333 Å². The summed E-state index contributed by atoms with van der Waals surface area (Å²) < 4.78 is 0. The molecule has 0 amide bonds. The summed E-state index contributed by atoms with van der Waals surface area (Å²) in [4.78, 5) is 10.7. The Kier molecular flexibility index (Phi) is 13.4. The fourth-order valence-electron chi connectivity index (χ4n) is 16.5. The Morgan fingerprint density at radius 3 is 1.32 bits per heavy atom. The van der Waals surface area contributed by atoms with Crippen LogP contribution in [0.5, 0.6) is 0 Å². The molecular weight excluding hydrogens is 1090 g/mol. The van der Waals surface area contributed by atoms with Crippen LogP contribution >= 0.6 is 0 Å². The van der Waals surface area contributed by atoms with Crippen LogP contribution in [0, 0.1) is 0 Å². The first-order chi connectivity index (χ1) is 42.3. The van der Waals surface area contributed by atoms with Crippen LogP contribution in [0.25, 0.3) is 11.1 Å². The molecule has 14 rings (SSSR count). The molecule has 1 fully saturated rings. The largest absolute Gasteiger partial charge is 0.335 e. The van der Waals surface area contributed by atoms with E-state index in [0.29, 0.717) is 0 Å². The predicted octanol–water partition coefficient (Wildman–Crippen LogP) is 21.8. The number of benzene rings is 9. The first-order valence-corrected chi connectivity index (χ1v) is 33.7. The van der Waals surface area contributed by atoms with Gasteiger partial charge in [0.15, 0.2) is 0 Å². The van der Waals surface area contributed by atoms with E-state index < -0.39 is 0 Å². The van der Waals surface area contributed by atoms with Gasteiger partial charge in [0.1, 0.15) is 0 Å². The van der Waals surface area contributed by atoms with Crippen molar-refractivity contribution < 1.29 is 0 Å². The van der Waals surface area contributed by atoms with Gasteiger partial charge in [0.2, 0.25) is 0 Å². The highest BCUT2D eigenvalue weighted by molar-refractivity contribution is 7.00. The van der Waals surface area contributed by atoms with E-state index in [0.717, 1.165) is 52.7 Å². The third-order valence-electron chi connectivity index (χ3n) is 22.2. The Labute approximate surface area is 540 Å². The van der Waals surface area contributed by atoms with Crippen LogP contribution in [0.2, 0.25) is 0 Å². The van der Waals surface area contributed by atoms with Crippen molar-refractivity contribution in [1.29, 1.82) is 0 Å². The van der Waals surface area contributed by atoms with E-state index in [1.54, 1.807) is 0 Å². The summed E-state index contributed by atoms with van der Waals surface area (Å²) >= 11 is 0. The van der Waals surface area contributed by atoms with Crippen LogP contribution in [-0.2, 0) is 37.9 Å². The minimum Gasteiger partial charge on any atom is -0.335 e. The maximum atomic E-state index is 2.93. The lowest BCUT2D eigenvalue weighted by Gasteiger charge is -2.53. The molecule has 5 heteroatoms. The summed E-state index contributed by atoms with van der Waals surface area (Å²) in [6.07, 6.45) is 4.70. The van der Waals surface area contributed by atoms with Crippen LogP contribution in [0.1, 0.15) is 202 Å². The van der Waals surface area contributed by atoms with Gasteiger partial charge in [-0.1, -0.05) is 235 Å². The number of hydrogen-bond acceptors (Lipinski definition) is 4. The van der Waals surface area contributed by atoms with E-state index >= 15 is 0 Å². The molecule has 9 aromatic carbocycles. The van der Waals surface area contributed by atoms with E-state index in [4.69, 9.17) is 0 Å². The molecule has 0 spiro atoms. The van der Waals surface area contributed by atoms with Gasteiger partial charge in [0, 0.05) is 67.7 Å². The van der Waals surface area contributed by atoms with Gasteiger partial charge in [-0.15, -0.1) is 0 Å². The molecule has 2 aliphatic carbocycles. The highest BCUT2D eigenvalue weighted by atomic mass is 15.3. The fraction of sp³-hybridized carbons (Fsp3) is 0.365. The maximum Gasteiger partial charge on any atom is 0.252 e. The summed E-state index contributed by atoms with van der Waals surface area (Å²) in [7, 11) is 0. The van der Waals surface area contributed by atoms with Crippen LogP contribution < -0.4 is 36.0 Å². The van der Waals surface area contributed by atoms with E-state index in [1.807, 2.05) is 0 Å². The molecule has 3 aliphatic heterocycles. The molecule has 1 saturated carbocycles. The van der Waals surface area contributed by atoms with Crippen molar-refractivity contribution in [3.63, 3.8) is 0 Å². The van der Waals surface area contributed by atoms with Crippen molar-refractivity contribution in [1.82, 2.24) is 0 Å². The summed E-state index contributed by atoms with van der Waals surface area (Å²) in [5, 5.41) is 0. The van der Waals surface area contributed by atoms with Crippen molar-refractivity contribution in [2.24, 2.45) is 0 Å². The van der Waals surface area contributed by atoms with Gasteiger partial charge in [-0.25, -0.2) is 0 Å². The molecule has 5 aliphatic rings. The van der Waals surface area contributed by atoms with Crippen LogP contribution in [-0.4, -0.2) is 12.3 Å². The lowest BCUT2D eigenvalue weighted by molar-refractivity contribution is 0.195. The lowest BCUT2D eigenvalue weighted by Crippen LogP contribution is -2.64.